The molecule has 1 fully saturated rings. The summed E-state index contributed by atoms with van der Waals surface area (Å²) in [6.07, 6.45) is 1.40. The summed E-state index contributed by atoms with van der Waals surface area (Å²) in [6.45, 7) is 1.89. The lowest BCUT2D eigenvalue weighted by Gasteiger charge is -2.15. The van der Waals surface area contributed by atoms with Crippen molar-refractivity contribution in [1.82, 2.24) is 15.5 Å². The Kier molecular flexibility index (Phi) is 2.42. The van der Waals surface area contributed by atoms with E-state index in [9.17, 15) is 0 Å². The zero-order valence-electron chi connectivity index (χ0n) is 8.84. The molecule has 0 unspecified atom stereocenters. The Labute approximate surface area is 93.7 Å². The molecular weight excluding hydrogens is 202 g/mol. The van der Waals surface area contributed by atoms with Gasteiger partial charge in [0.1, 0.15) is 0 Å². The first-order valence-corrected chi connectivity index (χ1v) is 5.47. The highest BCUT2D eigenvalue weighted by Crippen LogP contribution is 2.33. The average molecular weight is 215 g/mol. The lowest BCUT2D eigenvalue weighted by atomic mass is 9.88. The molecular formula is C12H13N3O. The first-order chi connectivity index (χ1) is 7.95. The van der Waals surface area contributed by atoms with Crippen molar-refractivity contribution < 1.29 is 4.52 Å². The lowest BCUT2D eigenvalue weighted by molar-refractivity contribution is 0.403. The van der Waals surface area contributed by atoms with Gasteiger partial charge in [0, 0.05) is 24.9 Å². The minimum atomic E-state index is 0.321. The highest BCUT2D eigenvalue weighted by Gasteiger charge is 2.32. The maximum absolute atomic E-state index is 4.82. The largest absolute Gasteiger partial charge is 0.343 e. The molecule has 1 aliphatic rings. The zero-order valence-corrected chi connectivity index (χ0v) is 8.84. The van der Waals surface area contributed by atoms with Gasteiger partial charge in [-0.1, -0.05) is 35.5 Å². The molecule has 0 aliphatic carbocycles. The van der Waals surface area contributed by atoms with E-state index in [2.05, 4.69) is 39.7 Å². The van der Waals surface area contributed by atoms with Crippen molar-refractivity contribution in [2.45, 2.75) is 11.8 Å². The number of aromatic nitrogens is 2. The summed E-state index contributed by atoms with van der Waals surface area (Å²) in [5, 5.41) is 7.34. The SMILES string of the molecule is c1ccc([C@H]2CNC[C@H]2c2ncon2)cc1. The molecule has 2 atom stereocenters. The van der Waals surface area contributed by atoms with Gasteiger partial charge in [0.2, 0.25) is 6.39 Å². The van der Waals surface area contributed by atoms with E-state index in [0.29, 0.717) is 11.8 Å². The van der Waals surface area contributed by atoms with Gasteiger partial charge in [-0.3, -0.25) is 0 Å². The quantitative estimate of drug-likeness (QED) is 0.825. The third-order valence-corrected chi connectivity index (χ3v) is 3.15. The van der Waals surface area contributed by atoms with E-state index < -0.39 is 0 Å². The van der Waals surface area contributed by atoms with Crippen molar-refractivity contribution in [3.63, 3.8) is 0 Å². The van der Waals surface area contributed by atoms with Gasteiger partial charge in [0.25, 0.3) is 0 Å². The van der Waals surface area contributed by atoms with Crippen molar-refractivity contribution in [2.24, 2.45) is 0 Å². The molecule has 4 heteroatoms. The summed E-state index contributed by atoms with van der Waals surface area (Å²) in [5.41, 5.74) is 1.34. The monoisotopic (exact) mass is 215 g/mol. The Bertz CT molecular complexity index is 441. The van der Waals surface area contributed by atoms with Crippen LogP contribution >= 0.6 is 0 Å². The van der Waals surface area contributed by atoms with E-state index in [-0.39, 0.29) is 0 Å². The van der Waals surface area contributed by atoms with Crippen LogP contribution in [0.25, 0.3) is 0 Å². The van der Waals surface area contributed by atoms with E-state index in [1.807, 2.05) is 6.07 Å². The summed E-state index contributed by atoms with van der Waals surface area (Å²) < 4.78 is 4.82. The van der Waals surface area contributed by atoms with E-state index in [0.717, 1.165) is 18.9 Å². The fourth-order valence-electron chi connectivity index (χ4n) is 2.34. The molecule has 2 aromatic rings. The minimum absolute atomic E-state index is 0.321. The van der Waals surface area contributed by atoms with Crippen molar-refractivity contribution in [2.75, 3.05) is 13.1 Å². The maximum atomic E-state index is 4.82. The predicted octanol–water partition coefficient (Wildman–Crippen LogP) is 1.54. The molecule has 1 saturated heterocycles. The van der Waals surface area contributed by atoms with Gasteiger partial charge in [0.15, 0.2) is 5.82 Å². The molecule has 1 N–H and O–H groups in total. The van der Waals surface area contributed by atoms with E-state index >= 15 is 0 Å². The second kappa shape index (κ2) is 4.06. The number of hydrogen-bond donors (Lipinski definition) is 1. The fraction of sp³-hybridized carbons (Fsp3) is 0.333. The van der Waals surface area contributed by atoms with Gasteiger partial charge in [-0.15, -0.1) is 0 Å². The number of nitrogens with zero attached hydrogens (tertiary/aromatic N) is 2. The summed E-state index contributed by atoms with van der Waals surface area (Å²) in [6, 6.07) is 10.5. The molecule has 3 rings (SSSR count). The van der Waals surface area contributed by atoms with Crippen LogP contribution < -0.4 is 5.32 Å². The van der Waals surface area contributed by atoms with Crippen LogP contribution in [0.2, 0.25) is 0 Å². The number of benzene rings is 1. The Hall–Kier alpha value is -1.68. The molecule has 4 nitrogen and oxygen atoms in total. The van der Waals surface area contributed by atoms with Crippen LogP contribution in [-0.4, -0.2) is 23.2 Å². The molecule has 82 valence electrons. The van der Waals surface area contributed by atoms with Crippen LogP contribution in [0.4, 0.5) is 0 Å². The zero-order chi connectivity index (χ0) is 10.8. The number of rotatable bonds is 2. The molecule has 16 heavy (non-hydrogen) atoms. The minimum Gasteiger partial charge on any atom is -0.343 e. The topological polar surface area (TPSA) is 51.0 Å². The van der Waals surface area contributed by atoms with Gasteiger partial charge in [0.05, 0.1) is 0 Å². The molecule has 2 heterocycles. The predicted molar refractivity (Wildman–Crippen MR) is 59.1 cm³/mol. The Morgan fingerprint density at radius 3 is 2.69 bits per heavy atom. The first kappa shape index (κ1) is 9.54. The van der Waals surface area contributed by atoms with Crippen LogP contribution in [0, 0.1) is 0 Å². The summed E-state index contributed by atoms with van der Waals surface area (Å²) in [4.78, 5) is 4.16. The second-order valence-electron chi connectivity index (χ2n) is 4.07. The number of nitrogens with one attached hydrogen (secondary N) is 1. The van der Waals surface area contributed by atoms with Crippen molar-refractivity contribution >= 4 is 0 Å². The third-order valence-electron chi connectivity index (χ3n) is 3.15. The standard InChI is InChI=1S/C12H13N3O/c1-2-4-9(5-3-1)10-6-13-7-11(10)12-14-8-16-15-12/h1-5,8,10-11,13H,6-7H2/t10-,11-/m1/s1. The first-order valence-electron chi connectivity index (χ1n) is 5.47. The summed E-state index contributed by atoms with van der Waals surface area (Å²) in [7, 11) is 0. The molecule has 1 aromatic carbocycles. The van der Waals surface area contributed by atoms with Crippen LogP contribution in [0.1, 0.15) is 23.2 Å². The second-order valence-corrected chi connectivity index (χ2v) is 4.07. The van der Waals surface area contributed by atoms with Crippen LogP contribution in [0.3, 0.4) is 0 Å². The maximum Gasteiger partial charge on any atom is 0.213 e. The van der Waals surface area contributed by atoms with E-state index in [1.165, 1.54) is 12.0 Å². The fourth-order valence-corrected chi connectivity index (χ4v) is 2.34. The van der Waals surface area contributed by atoms with E-state index in [1.54, 1.807) is 0 Å². The lowest BCUT2D eigenvalue weighted by Crippen LogP contribution is -2.10. The van der Waals surface area contributed by atoms with E-state index in [4.69, 9.17) is 4.52 Å². The van der Waals surface area contributed by atoms with Crippen molar-refractivity contribution in [3.05, 3.63) is 48.1 Å². The average Bonchev–Trinajstić information content (AvgIpc) is 3.01. The van der Waals surface area contributed by atoms with Gasteiger partial charge in [-0.2, -0.15) is 4.98 Å². The normalized spacial score (nSPS) is 24.8. The van der Waals surface area contributed by atoms with Gasteiger partial charge in [-0.05, 0) is 5.56 Å². The van der Waals surface area contributed by atoms with Crippen LogP contribution in [0.5, 0.6) is 0 Å². The highest BCUT2D eigenvalue weighted by molar-refractivity contribution is 5.25. The molecule has 1 aromatic heterocycles. The van der Waals surface area contributed by atoms with Crippen molar-refractivity contribution in [3.8, 4) is 0 Å². The Balaban J connectivity index is 1.90. The van der Waals surface area contributed by atoms with Crippen molar-refractivity contribution in [1.29, 1.82) is 0 Å². The third kappa shape index (κ3) is 1.61. The summed E-state index contributed by atoms with van der Waals surface area (Å²) >= 11 is 0. The van der Waals surface area contributed by atoms with Gasteiger partial charge >= 0.3 is 0 Å². The molecule has 0 spiro atoms. The highest BCUT2D eigenvalue weighted by atomic mass is 16.5. The molecule has 0 saturated carbocycles. The smallest absolute Gasteiger partial charge is 0.213 e. The van der Waals surface area contributed by atoms with Crippen LogP contribution in [0.15, 0.2) is 41.2 Å². The Morgan fingerprint density at radius 1 is 1.12 bits per heavy atom. The number of hydrogen-bond acceptors (Lipinski definition) is 4. The van der Waals surface area contributed by atoms with Gasteiger partial charge < -0.3 is 9.84 Å². The van der Waals surface area contributed by atoms with Gasteiger partial charge in [-0.25, -0.2) is 0 Å². The molecule has 0 amide bonds. The Morgan fingerprint density at radius 2 is 1.94 bits per heavy atom. The molecule has 1 aliphatic heterocycles. The van der Waals surface area contributed by atoms with Crippen LogP contribution in [-0.2, 0) is 0 Å². The molecule has 0 radical (unpaired) electrons. The molecule has 0 bridgehead atoms. The summed E-state index contributed by atoms with van der Waals surface area (Å²) in [5.74, 6) is 1.57.